The lowest BCUT2D eigenvalue weighted by atomic mass is 10.1. The highest BCUT2D eigenvalue weighted by Gasteiger charge is 2.34. The molecule has 1 atom stereocenters. The predicted molar refractivity (Wildman–Crippen MR) is 144 cm³/mol. The minimum absolute atomic E-state index is 0.0461. The summed E-state index contributed by atoms with van der Waals surface area (Å²) in [5.74, 6) is 0.714. The van der Waals surface area contributed by atoms with E-state index >= 15 is 0 Å². The van der Waals surface area contributed by atoms with Crippen LogP contribution in [0.2, 0.25) is 0 Å². The largest absolute Gasteiger partial charge is 0.497 e. The van der Waals surface area contributed by atoms with Gasteiger partial charge in [-0.1, -0.05) is 47.7 Å². The Balaban J connectivity index is 1.79. The van der Waals surface area contributed by atoms with Crippen molar-refractivity contribution in [3.05, 3.63) is 99.6 Å². The van der Waals surface area contributed by atoms with Crippen molar-refractivity contribution in [3.8, 4) is 11.5 Å². The molecular weight excluding hydrogens is 570 g/mol. The van der Waals surface area contributed by atoms with Crippen LogP contribution >= 0.6 is 11.3 Å². The molecule has 7 nitrogen and oxygen atoms in total. The maximum absolute atomic E-state index is 14.7. The summed E-state index contributed by atoms with van der Waals surface area (Å²) >= 11 is 0.647. The third kappa shape index (κ3) is 6.37. The van der Waals surface area contributed by atoms with Crippen LogP contribution in [-0.2, 0) is 22.6 Å². The minimum Gasteiger partial charge on any atom is -0.497 e. The van der Waals surface area contributed by atoms with Crippen molar-refractivity contribution in [2.24, 2.45) is 0 Å². The van der Waals surface area contributed by atoms with Gasteiger partial charge in [0.05, 0.1) is 29.6 Å². The van der Waals surface area contributed by atoms with E-state index in [9.17, 15) is 26.0 Å². The molecule has 0 aliphatic carbocycles. The standard InChI is InChI=1S/C27H25F4N3O4S2/c1-17(18-8-7-9-20(14-18)27(29,30)31)33-34(40(35,36)22-10-5-4-6-11-22)25-24(39-26(28)32-25)15-19-12-13-21(37-2)16-23(19)38-3/h4-14,16-17,33H,15H2,1-3H3/t17-/m0/s1. The molecule has 0 amide bonds. The average molecular weight is 596 g/mol. The minimum atomic E-state index is -4.59. The molecule has 4 rings (SSSR count). The first-order chi connectivity index (χ1) is 18.9. The molecule has 0 unspecified atom stereocenters. The van der Waals surface area contributed by atoms with Crippen LogP contribution < -0.4 is 19.3 Å². The van der Waals surface area contributed by atoms with Crippen molar-refractivity contribution >= 4 is 27.2 Å². The Hall–Kier alpha value is -3.68. The Labute approximate surface area is 233 Å². The fourth-order valence-electron chi connectivity index (χ4n) is 3.94. The summed E-state index contributed by atoms with van der Waals surface area (Å²) in [6.45, 7) is 1.50. The summed E-state index contributed by atoms with van der Waals surface area (Å²) in [6.07, 6.45) is -4.54. The number of thiazole rings is 1. The number of rotatable bonds is 10. The van der Waals surface area contributed by atoms with Gasteiger partial charge < -0.3 is 9.47 Å². The summed E-state index contributed by atoms with van der Waals surface area (Å²) in [5.41, 5.74) is 2.64. The molecule has 0 aliphatic rings. The number of nitrogens with one attached hydrogen (secondary N) is 1. The van der Waals surface area contributed by atoms with Crippen molar-refractivity contribution in [3.63, 3.8) is 0 Å². The smallest absolute Gasteiger partial charge is 0.416 e. The zero-order valence-electron chi connectivity index (χ0n) is 21.6. The normalized spacial score (nSPS) is 12.7. The lowest BCUT2D eigenvalue weighted by Crippen LogP contribution is -2.45. The highest BCUT2D eigenvalue weighted by Crippen LogP contribution is 2.36. The number of hydrogen-bond acceptors (Lipinski definition) is 7. The van der Waals surface area contributed by atoms with Crippen LogP contribution in [-0.4, -0.2) is 27.6 Å². The van der Waals surface area contributed by atoms with Gasteiger partial charge in [0.25, 0.3) is 15.3 Å². The molecule has 0 saturated heterocycles. The van der Waals surface area contributed by atoms with Gasteiger partial charge in [0, 0.05) is 18.5 Å². The van der Waals surface area contributed by atoms with Crippen LogP contribution in [0.5, 0.6) is 11.5 Å². The van der Waals surface area contributed by atoms with Crippen LogP contribution in [0.3, 0.4) is 0 Å². The Kier molecular flexibility index (Phi) is 8.66. The van der Waals surface area contributed by atoms with E-state index in [1.807, 2.05) is 0 Å². The first-order valence-corrected chi connectivity index (χ1v) is 14.1. The van der Waals surface area contributed by atoms with Gasteiger partial charge in [0.1, 0.15) is 11.5 Å². The zero-order chi connectivity index (χ0) is 29.1. The highest BCUT2D eigenvalue weighted by atomic mass is 32.2. The number of ether oxygens (including phenoxy) is 2. The Morgan fingerprint density at radius 2 is 1.73 bits per heavy atom. The fraction of sp³-hybridized carbons (Fsp3) is 0.222. The van der Waals surface area contributed by atoms with Crippen molar-refractivity contribution in [1.29, 1.82) is 0 Å². The van der Waals surface area contributed by atoms with Gasteiger partial charge in [-0.2, -0.15) is 35.4 Å². The Bertz CT molecular complexity index is 1580. The topological polar surface area (TPSA) is 80.8 Å². The summed E-state index contributed by atoms with van der Waals surface area (Å²) < 4.78 is 93.7. The highest BCUT2D eigenvalue weighted by molar-refractivity contribution is 7.92. The lowest BCUT2D eigenvalue weighted by Gasteiger charge is -2.28. The molecule has 0 bridgehead atoms. The molecule has 1 aromatic heterocycles. The van der Waals surface area contributed by atoms with E-state index in [1.54, 1.807) is 24.3 Å². The molecule has 3 aromatic carbocycles. The van der Waals surface area contributed by atoms with Gasteiger partial charge in [0.2, 0.25) is 0 Å². The molecule has 0 saturated carbocycles. The van der Waals surface area contributed by atoms with Crippen LogP contribution in [0, 0.1) is 5.26 Å². The third-order valence-corrected chi connectivity index (χ3v) is 8.45. The van der Waals surface area contributed by atoms with E-state index in [4.69, 9.17) is 9.47 Å². The van der Waals surface area contributed by atoms with E-state index in [1.165, 1.54) is 57.5 Å². The number of aromatic nitrogens is 1. The SMILES string of the molecule is COc1ccc(Cc2sc(F)nc2N(N[C@@H](C)c2cccc(C(F)(F)F)c2)S(=O)(=O)c2ccccc2)c(OC)c1. The van der Waals surface area contributed by atoms with E-state index in [2.05, 4.69) is 10.4 Å². The molecule has 1 N–H and O–H groups in total. The fourth-order valence-corrected chi connectivity index (χ4v) is 6.17. The molecule has 0 fully saturated rings. The van der Waals surface area contributed by atoms with Crippen LogP contribution in [0.4, 0.5) is 23.4 Å². The summed E-state index contributed by atoms with van der Waals surface area (Å²) in [5, 5.41) is -0.890. The first-order valence-electron chi connectivity index (χ1n) is 11.8. The molecule has 4 aromatic rings. The third-order valence-electron chi connectivity index (χ3n) is 5.99. The molecule has 0 aliphatic heterocycles. The molecule has 0 radical (unpaired) electrons. The number of hydrogen-bond donors (Lipinski definition) is 1. The molecular formula is C27H25F4N3O4S2. The molecule has 1 heterocycles. The van der Waals surface area contributed by atoms with E-state index in [0.29, 0.717) is 28.4 Å². The number of nitrogens with zero attached hydrogens (tertiary/aromatic N) is 2. The van der Waals surface area contributed by atoms with Crippen LogP contribution in [0.1, 0.15) is 34.5 Å². The summed E-state index contributed by atoms with van der Waals surface area (Å²) in [4.78, 5) is 4.00. The number of methoxy groups -OCH3 is 2. The Morgan fingerprint density at radius 3 is 2.38 bits per heavy atom. The van der Waals surface area contributed by atoms with Crippen molar-refractivity contribution < 1.29 is 35.5 Å². The number of hydrazine groups is 1. The summed E-state index contributed by atoms with van der Waals surface area (Å²) in [7, 11) is -1.45. The first kappa shape index (κ1) is 29.3. The monoisotopic (exact) mass is 595 g/mol. The predicted octanol–water partition coefficient (Wildman–Crippen LogP) is 6.37. The van der Waals surface area contributed by atoms with Gasteiger partial charge in [-0.25, -0.2) is 5.43 Å². The van der Waals surface area contributed by atoms with Gasteiger partial charge in [-0.05, 0) is 48.4 Å². The lowest BCUT2D eigenvalue weighted by molar-refractivity contribution is -0.137. The average Bonchev–Trinajstić information content (AvgIpc) is 3.30. The Morgan fingerprint density at radius 1 is 1.00 bits per heavy atom. The molecule has 0 spiro atoms. The van der Waals surface area contributed by atoms with Crippen molar-refractivity contribution in [2.75, 3.05) is 18.6 Å². The van der Waals surface area contributed by atoms with Gasteiger partial charge in [0.15, 0.2) is 5.82 Å². The number of alkyl halides is 3. The maximum Gasteiger partial charge on any atom is 0.416 e. The number of benzene rings is 3. The second-order valence-electron chi connectivity index (χ2n) is 8.62. The van der Waals surface area contributed by atoms with Crippen molar-refractivity contribution in [2.45, 2.75) is 30.5 Å². The van der Waals surface area contributed by atoms with Crippen LogP contribution in [0.25, 0.3) is 0 Å². The maximum atomic E-state index is 14.7. The number of sulfonamides is 1. The second-order valence-corrected chi connectivity index (χ2v) is 11.4. The van der Waals surface area contributed by atoms with Gasteiger partial charge >= 0.3 is 6.18 Å². The molecule has 40 heavy (non-hydrogen) atoms. The van der Waals surface area contributed by atoms with Crippen molar-refractivity contribution in [1.82, 2.24) is 10.4 Å². The summed E-state index contributed by atoms with van der Waals surface area (Å²) in [6, 6.07) is 16.0. The van der Waals surface area contributed by atoms with Gasteiger partial charge in [-0.15, -0.1) is 0 Å². The van der Waals surface area contributed by atoms with Gasteiger partial charge in [-0.3, -0.25) is 0 Å². The van der Waals surface area contributed by atoms with E-state index in [-0.39, 0.29) is 27.6 Å². The molecule has 212 valence electrons. The van der Waals surface area contributed by atoms with Crippen LogP contribution in [0.15, 0.2) is 77.7 Å². The zero-order valence-corrected chi connectivity index (χ0v) is 23.2. The number of halogens is 4. The molecule has 13 heteroatoms. The number of anilines is 1. The quantitative estimate of drug-likeness (QED) is 0.170. The second kappa shape index (κ2) is 11.8. The van der Waals surface area contributed by atoms with E-state index < -0.39 is 33.1 Å². The van der Waals surface area contributed by atoms with E-state index in [0.717, 1.165) is 16.5 Å².